The van der Waals surface area contributed by atoms with E-state index in [0.717, 1.165) is 17.8 Å². The first-order valence-electron chi connectivity index (χ1n) is 7.14. The van der Waals surface area contributed by atoms with E-state index in [2.05, 4.69) is 47.0 Å². The fourth-order valence-electron chi connectivity index (χ4n) is 2.45. The van der Waals surface area contributed by atoms with Crippen LogP contribution in [0, 0.1) is 0 Å². The van der Waals surface area contributed by atoms with Crippen LogP contribution < -0.4 is 16.4 Å². The molecule has 1 aliphatic rings. The number of rotatable bonds is 4. The third-order valence-corrected chi connectivity index (χ3v) is 3.61. The Morgan fingerprint density at radius 1 is 1.24 bits per heavy atom. The normalized spacial score (nSPS) is 21.4. The quantitative estimate of drug-likeness (QED) is 0.806. The topological polar surface area (TPSA) is 66.2 Å². The second kappa shape index (κ2) is 6.11. The maximum atomic E-state index is 11.2. The van der Waals surface area contributed by atoms with Crippen molar-refractivity contribution in [2.24, 2.45) is 0 Å². The van der Waals surface area contributed by atoms with Gasteiger partial charge in [-0.15, -0.1) is 0 Å². The molecule has 0 amide bonds. The van der Waals surface area contributed by atoms with Gasteiger partial charge in [0.2, 0.25) is 5.56 Å². The van der Waals surface area contributed by atoms with Crippen LogP contribution in [0.3, 0.4) is 0 Å². The van der Waals surface area contributed by atoms with E-state index < -0.39 is 0 Å². The second-order valence-corrected chi connectivity index (χ2v) is 5.36. The average molecular weight is 285 g/mol. The minimum Gasteiger partial charge on any atom is -0.367 e. The predicted molar refractivity (Wildman–Crippen MR) is 81.9 cm³/mol. The van der Waals surface area contributed by atoms with E-state index in [0.29, 0.717) is 6.54 Å². The molecular formula is C16H19N3O2. The summed E-state index contributed by atoms with van der Waals surface area (Å²) in [5, 5.41) is 3.20. The molecule has 1 saturated heterocycles. The molecule has 0 aliphatic carbocycles. The molecule has 2 aromatic rings. The van der Waals surface area contributed by atoms with Gasteiger partial charge >= 0.3 is 0 Å². The maximum absolute atomic E-state index is 11.2. The van der Waals surface area contributed by atoms with Gasteiger partial charge in [0.05, 0.1) is 12.1 Å². The summed E-state index contributed by atoms with van der Waals surface area (Å²) in [6.45, 7) is 2.73. The lowest BCUT2D eigenvalue weighted by Gasteiger charge is -2.10. The Balaban J connectivity index is 1.61. The monoisotopic (exact) mass is 285 g/mol. The number of hydroxylamine groups is 1. The van der Waals surface area contributed by atoms with E-state index in [1.807, 2.05) is 6.07 Å². The summed E-state index contributed by atoms with van der Waals surface area (Å²) >= 11 is 0. The molecule has 5 nitrogen and oxygen atoms in total. The number of aromatic nitrogens is 1. The van der Waals surface area contributed by atoms with Gasteiger partial charge in [-0.25, -0.2) is 0 Å². The molecule has 0 spiro atoms. The molecule has 1 aliphatic heterocycles. The van der Waals surface area contributed by atoms with Crippen molar-refractivity contribution in [1.29, 1.82) is 0 Å². The average Bonchev–Trinajstić information content (AvgIpc) is 2.92. The number of nitrogens with one attached hydrogen (secondary N) is 3. The predicted octanol–water partition coefficient (Wildman–Crippen LogP) is 2.34. The Hall–Kier alpha value is -2.11. The van der Waals surface area contributed by atoms with Crippen LogP contribution in [0.5, 0.6) is 0 Å². The number of hydrogen-bond donors (Lipinski definition) is 3. The summed E-state index contributed by atoms with van der Waals surface area (Å²) in [6, 6.07) is 13.8. The smallest absolute Gasteiger partial charge is 0.249 e. The number of hydrogen-bond acceptors (Lipinski definition) is 4. The van der Waals surface area contributed by atoms with Crippen LogP contribution in [-0.4, -0.2) is 11.1 Å². The molecule has 110 valence electrons. The van der Waals surface area contributed by atoms with E-state index in [1.165, 1.54) is 11.6 Å². The fourth-order valence-corrected chi connectivity index (χ4v) is 2.45. The minimum absolute atomic E-state index is 0.100. The molecule has 0 radical (unpaired) electrons. The first-order valence-corrected chi connectivity index (χ1v) is 7.14. The highest BCUT2D eigenvalue weighted by Crippen LogP contribution is 2.25. The van der Waals surface area contributed by atoms with Crippen molar-refractivity contribution in [3.8, 4) is 0 Å². The van der Waals surface area contributed by atoms with Gasteiger partial charge in [-0.1, -0.05) is 30.3 Å². The Bertz CT molecular complexity index is 651. The van der Waals surface area contributed by atoms with Gasteiger partial charge in [-0.05, 0) is 30.5 Å². The van der Waals surface area contributed by atoms with Gasteiger partial charge < -0.3 is 10.3 Å². The number of benzene rings is 1. The van der Waals surface area contributed by atoms with Gasteiger partial charge in [0.25, 0.3) is 0 Å². The van der Waals surface area contributed by atoms with Crippen LogP contribution in [0.15, 0.2) is 47.3 Å². The van der Waals surface area contributed by atoms with Crippen LogP contribution in [0.2, 0.25) is 0 Å². The van der Waals surface area contributed by atoms with E-state index in [9.17, 15) is 4.79 Å². The van der Waals surface area contributed by atoms with Gasteiger partial charge in [-0.3, -0.25) is 9.63 Å². The molecule has 1 aromatic heterocycles. The van der Waals surface area contributed by atoms with Crippen LogP contribution in [0.4, 0.5) is 5.82 Å². The minimum atomic E-state index is -0.100. The van der Waals surface area contributed by atoms with Gasteiger partial charge in [0.1, 0.15) is 5.82 Å². The highest BCUT2D eigenvalue weighted by molar-refractivity contribution is 5.35. The maximum Gasteiger partial charge on any atom is 0.249 e. The van der Waals surface area contributed by atoms with Crippen LogP contribution in [0.25, 0.3) is 0 Å². The molecule has 2 unspecified atom stereocenters. The lowest BCUT2D eigenvalue weighted by Crippen LogP contribution is -2.12. The summed E-state index contributed by atoms with van der Waals surface area (Å²) in [7, 11) is 0. The molecule has 0 bridgehead atoms. The lowest BCUT2D eigenvalue weighted by atomic mass is 10.0. The molecule has 21 heavy (non-hydrogen) atoms. The summed E-state index contributed by atoms with van der Waals surface area (Å²) < 4.78 is 0. The summed E-state index contributed by atoms with van der Waals surface area (Å²) in [4.78, 5) is 19.3. The van der Waals surface area contributed by atoms with Crippen LogP contribution in [-0.2, 0) is 11.4 Å². The van der Waals surface area contributed by atoms with Crippen molar-refractivity contribution < 1.29 is 4.84 Å². The molecule has 3 N–H and O–H groups in total. The van der Waals surface area contributed by atoms with Crippen molar-refractivity contribution >= 4 is 5.82 Å². The highest BCUT2D eigenvalue weighted by atomic mass is 16.7. The van der Waals surface area contributed by atoms with E-state index in [4.69, 9.17) is 4.84 Å². The van der Waals surface area contributed by atoms with Crippen molar-refractivity contribution in [2.45, 2.75) is 32.0 Å². The highest BCUT2D eigenvalue weighted by Gasteiger charge is 2.22. The molecule has 2 heterocycles. The van der Waals surface area contributed by atoms with E-state index in [1.54, 1.807) is 6.07 Å². The zero-order valence-electron chi connectivity index (χ0n) is 11.9. The van der Waals surface area contributed by atoms with Crippen molar-refractivity contribution in [1.82, 2.24) is 10.5 Å². The zero-order chi connectivity index (χ0) is 14.7. The van der Waals surface area contributed by atoms with Crippen molar-refractivity contribution in [3.05, 3.63) is 63.9 Å². The first-order chi connectivity index (χ1) is 10.2. The molecular weight excluding hydrogens is 266 g/mol. The van der Waals surface area contributed by atoms with Crippen LogP contribution >= 0.6 is 0 Å². The Morgan fingerprint density at radius 2 is 2.05 bits per heavy atom. The number of pyridine rings is 1. The van der Waals surface area contributed by atoms with Crippen molar-refractivity contribution in [3.63, 3.8) is 0 Å². The first kappa shape index (κ1) is 13.9. The summed E-state index contributed by atoms with van der Waals surface area (Å²) in [5.74, 6) is 0.728. The molecule has 5 heteroatoms. The Labute approximate surface area is 123 Å². The lowest BCUT2D eigenvalue weighted by molar-refractivity contribution is 0.0364. The van der Waals surface area contributed by atoms with Gasteiger partial charge in [0, 0.05) is 12.6 Å². The third kappa shape index (κ3) is 3.51. The fraction of sp³-hybridized carbons (Fsp3) is 0.312. The number of H-pyrrole nitrogens is 1. The van der Waals surface area contributed by atoms with Crippen LogP contribution in [0.1, 0.15) is 30.5 Å². The van der Waals surface area contributed by atoms with E-state index in [-0.39, 0.29) is 17.7 Å². The summed E-state index contributed by atoms with van der Waals surface area (Å²) in [6.07, 6.45) is 1.24. The van der Waals surface area contributed by atoms with Gasteiger partial charge in [0.15, 0.2) is 0 Å². The largest absolute Gasteiger partial charge is 0.367 e. The second-order valence-electron chi connectivity index (χ2n) is 5.36. The van der Waals surface area contributed by atoms with Gasteiger partial charge in [-0.2, -0.15) is 5.48 Å². The number of aromatic amines is 1. The summed E-state index contributed by atoms with van der Waals surface area (Å²) in [5.41, 5.74) is 5.35. The number of anilines is 1. The van der Waals surface area contributed by atoms with E-state index >= 15 is 0 Å². The molecule has 2 atom stereocenters. The molecule has 0 saturated carbocycles. The SMILES string of the molecule is CC1CC(c2ccc(CNc3cccc(=O)[nH]3)cc2)NO1. The Morgan fingerprint density at radius 3 is 2.71 bits per heavy atom. The molecule has 3 rings (SSSR count). The molecule has 1 aromatic carbocycles. The Kier molecular flexibility index (Phi) is 4.03. The molecule has 1 fully saturated rings. The third-order valence-electron chi connectivity index (χ3n) is 3.61. The van der Waals surface area contributed by atoms with Crippen molar-refractivity contribution in [2.75, 3.05) is 5.32 Å². The standard InChI is InChI=1S/C16H19N3O2/c1-11-9-14(19-21-11)13-7-5-12(6-8-13)10-17-15-3-2-4-16(20)18-15/h2-8,11,14,19H,9-10H2,1H3,(H2,17,18,20). The zero-order valence-corrected chi connectivity index (χ0v) is 11.9.